The molecular formula is C11H12F3N5O2. The molecule has 0 spiro atoms. The van der Waals surface area contributed by atoms with E-state index in [1.165, 1.54) is 0 Å². The molecule has 0 aliphatic carbocycles. The number of nitriles is 1. The van der Waals surface area contributed by atoms with Crippen molar-refractivity contribution in [1.29, 1.82) is 5.26 Å². The van der Waals surface area contributed by atoms with Crippen LogP contribution in [-0.2, 0) is 4.79 Å². The Balaban J connectivity index is 0.000000270. The Morgan fingerprint density at radius 3 is 2.33 bits per heavy atom. The van der Waals surface area contributed by atoms with E-state index >= 15 is 0 Å². The first kappa shape index (κ1) is 16.6. The Labute approximate surface area is 118 Å². The molecule has 0 bridgehead atoms. The molecule has 0 aromatic carbocycles. The van der Waals surface area contributed by atoms with Gasteiger partial charge in [-0.05, 0) is 0 Å². The highest BCUT2D eigenvalue weighted by molar-refractivity contribution is 5.73. The summed E-state index contributed by atoms with van der Waals surface area (Å²) in [5, 5.41) is 19.2. The molecule has 0 radical (unpaired) electrons. The molecule has 1 aromatic rings. The number of hydrogen-bond acceptors (Lipinski definition) is 6. The lowest BCUT2D eigenvalue weighted by atomic mass is 10.3. The molecule has 1 aliphatic rings. The van der Waals surface area contributed by atoms with Crippen molar-refractivity contribution in [2.75, 3.05) is 31.1 Å². The Bertz CT molecular complexity index is 523. The Morgan fingerprint density at radius 1 is 1.33 bits per heavy atom. The molecule has 2 heterocycles. The van der Waals surface area contributed by atoms with E-state index in [1.807, 2.05) is 0 Å². The van der Waals surface area contributed by atoms with Gasteiger partial charge in [0.25, 0.3) is 0 Å². The summed E-state index contributed by atoms with van der Waals surface area (Å²) in [7, 11) is 0. The SMILES string of the molecule is N#Cc1nccnc1N1CCNCC1.O=C(O)C(F)(F)F. The summed E-state index contributed by atoms with van der Waals surface area (Å²) < 4.78 is 31.7. The molecule has 0 amide bonds. The average molecular weight is 303 g/mol. The molecule has 2 rings (SSSR count). The highest BCUT2D eigenvalue weighted by Gasteiger charge is 2.38. The number of carboxylic acid groups (broad SMARTS) is 1. The van der Waals surface area contributed by atoms with Gasteiger partial charge in [-0.3, -0.25) is 0 Å². The van der Waals surface area contributed by atoms with Crippen LogP contribution >= 0.6 is 0 Å². The Hall–Kier alpha value is -2.41. The van der Waals surface area contributed by atoms with Crippen LogP contribution < -0.4 is 10.2 Å². The zero-order valence-electron chi connectivity index (χ0n) is 10.8. The van der Waals surface area contributed by atoms with E-state index in [0.717, 1.165) is 26.2 Å². The zero-order chi connectivity index (χ0) is 15.9. The van der Waals surface area contributed by atoms with Crippen LogP contribution in [0.3, 0.4) is 0 Å². The summed E-state index contributed by atoms with van der Waals surface area (Å²) in [4.78, 5) is 19.2. The topological polar surface area (TPSA) is 102 Å². The summed E-state index contributed by atoms with van der Waals surface area (Å²) in [6.45, 7) is 3.63. The van der Waals surface area contributed by atoms with Gasteiger partial charge in [-0.15, -0.1) is 0 Å². The van der Waals surface area contributed by atoms with Gasteiger partial charge in [-0.1, -0.05) is 0 Å². The number of piperazine rings is 1. The van der Waals surface area contributed by atoms with Crippen molar-refractivity contribution in [2.24, 2.45) is 0 Å². The summed E-state index contributed by atoms with van der Waals surface area (Å²) in [6, 6.07) is 2.06. The van der Waals surface area contributed by atoms with E-state index in [9.17, 15) is 13.2 Å². The molecule has 10 heteroatoms. The fraction of sp³-hybridized carbons (Fsp3) is 0.455. The quantitative estimate of drug-likeness (QED) is 0.773. The summed E-state index contributed by atoms with van der Waals surface area (Å²) >= 11 is 0. The largest absolute Gasteiger partial charge is 0.490 e. The maximum Gasteiger partial charge on any atom is 0.490 e. The number of carboxylic acids is 1. The van der Waals surface area contributed by atoms with Crippen LogP contribution in [-0.4, -0.2) is 53.4 Å². The minimum absolute atomic E-state index is 0.411. The van der Waals surface area contributed by atoms with Crippen molar-refractivity contribution in [3.05, 3.63) is 18.1 Å². The zero-order valence-corrected chi connectivity index (χ0v) is 10.8. The minimum Gasteiger partial charge on any atom is -0.475 e. The summed E-state index contributed by atoms with van der Waals surface area (Å²) in [5.74, 6) is -2.05. The van der Waals surface area contributed by atoms with Gasteiger partial charge in [-0.2, -0.15) is 18.4 Å². The van der Waals surface area contributed by atoms with Crippen LogP contribution in [0.2, 0.25) is 0 Å². The first-order valence-electron chi connectivity index (χ1n) is 5.83. The van der Waals surface area contributed by atoms with Crippen molar-refractivity contribution in [2.45, 2.75) is 6.18 Å². The monoisotopic (exact) mass is 303 g/mol. The lowest BCUT2D eigenvalue weighted by Gasteiger charge is -2.28. The number of nitrogens with zero attached hydrogens (tertiary/aromatic N) is 4. The standard InChI is InChI=1S/C9H11N5.C2HF3O2/c10-7-8-9(13-2-1-12-8)14-5-3-11-4-6-14;3-2(4,5)1(6)7/h1-2,11H,3-6H2;(H,6,7). The number of carbonyl (C=O) groups is 1. The number of hydrogen-bond donors (Lipinski definition) is 2. The van der Waals surface area contributed by atoms with Crippen molar-refractivity contribution in [3.63, 3.8) is 0 Å². The third-order valence-electron chi connectivity index (χ3n) is 2.44. The van der Waals surface area contributed by atoms with E-state index < -0.39 is 12.1 Å². The van der Waals surface area contributed by atoms with Crippen LogP contribution in [0.15, 0.2) is 12.4 Å². The van der Waals surface area contributed by atoms with Gasteiger partial charge < -0.3 is 15.3 Å². The van der Waals surface area contributed by atoms with Crippen LogP contribution in [0.5, 0.6) is 0 Å². The van der Waals surface area contributed by atoms with Crippen molar-refractivity contribution >= 4 is 11.8 Å². The van der Waals surface area contributed by atoms with Crippen LogP contribution in [0.25, 0.3) is 0 Å². The van der Waals surface area contributed by atoms with E-state index in [-0.39, 0.29) is 0 Å². The highest BCUT2D eigenvalue weighted by Crippen LogP contribution is 2.14. The lowest BCUT2D eigenvalue weighted by Crippen LogP contribution is -2.44. The van der Waals surface area contributed by atoms with Gasteiger partial charge in [0, 0.05) is 38.6 Å². The molecule has 1 aliphatic heterocycles. The second-order valence-corrected chi connectivity index (χ2v) is 3.88. The first-order chi connectivity index (χ1) is 9.86. The third-order valence-corrected chi connectivity index (χ3v) is 2.44. The molecule has 0 saturated carbocycles. The molecular weight excluding hydrogens is 291 g/mol. The van der Waals surface area contributed by atoms with Gasteiger partial charge in [0.05, 0.1) is 0 Å². The molecule has 21 heavy (non-hydrogen) atoms. The first-order valence-corrected chi connectivity index (χ1v) is 5.83. The molecule has 7 nitrogen and oxygen atoms in total. The number of aliphatic carboxylic acids is 1. The van der Waals surface area contributed by atoms with Crippen molar-refractivity contribution in [3.8, 4) is 6.07 Å². The smallest absolute Gasteiger partial charge is 0.475 e. The predicted molar refractivity (Wildman–Crippen MR) is 65.5 cm³/mol. The number of rotatable bonds is 1. The van der Waals surface area contributed by atoms with Gasteiger partial charge in [0.2, 0.25) is 0 Å². The Morgan fingerprint density at radius 2 is 1.86 bits per heavy atom. The summed E-state index contributed by atoms with van der Waals surface area (Å²) in [6.07, 6.45) is -1.91. The minimum atomic E-state index is -5.08. The van der Waals surface area contributed by atoms with Crippen molar-refractivity contribution < 1.29 is 23.1 Å². The number of alkyl halides is 3. The fourth-order valence-electron chi connectivity index (χ4n) is 1.52. The maximum absolute atomic E-state index is 10.6. The van der Waals surface area contributed by atoms with Gasteiger partial charge in [-0.25, -0.2) is 14.8 Å². The van der Waals surface area contributed by atoms with Gasteiger partial charge in [0.15, 0.2) is 11.5 Å². The normalized spacial score (nSPS) is 14.7. The predicted octanol–water partition coefficient (Wildman–Crippen LogP) is 0.391. The molecule has 1 aromatic heterocycles. The molecule has 114 valence electrons. The maximum atomic E-state index is 10.6. The highest BCUT2D eigenvalue weighted by atomic mass is 19.4. The van der Waals surface area contributed by atoms with Crippen LogP contribution in [0.1, 0.15) is 5.69 Å². The van der Waals surface area contributed by atoms with E-state index in [0.29, 0.717) is 11.5 Å². The van der Waals surface area contributed by atoms with Crippen LogP contribution in [0, 0.1) is 11.3 Å². The lowest BCUT2D eigenvalue weighted by molar-refractivity contribution is -0.192. The van der Waals surface area contributed by atoms with E-state index in [1.54, 1.807) is 12.4 Å². The number of halogens is 3. The number of aromatic nitrogens is 2. The Kier molecular flexibility index (Phi) is 5.86. The third kappa shape index (κ3) is 5.23. The second-order valence-electron chi connectivity index (χ2n) is 3.88. The second kappa shape index (κ2) is 7.39. The molecule has 1 fully saturated rings. The van der Waals surface area contributed by atoms with Crippen molar-refractivity contribution in [1.82, 2.24) is 15.3 Å². The summed E-state index contributed by atoms with van der Waals surface area (Å²) in [5.41, 5.74) is 0.411. The fourth-order valence-corrected chi connectivity index (χ4v) is 1.52. The average Bonchev–Trinajstić information content (AvgIpc) is 2.48. The van der Waals surface area contributed by atoms with Crippen LogP contribution in [0.4, 0.5) is 19.0 Å². The van der Waals surface area contributed by atoms with E-state index in [2.05, 4.69) is 26.3 Å². The van der Waals surface area contributed by atoms with Gasteiger partial charge in [0.1, 0.15) is 6.07 Å². The number of anilines is 1. The number of nitrogens with one attached hydrogen (secondary N) is 1. The molecule has 0 atom stereocenters. The van der Waals surface area contributed by atoms with Gasteiger partial charge >= 0.3 is 12.1 Å². The molecule has 1 saturated heterocycles. The molecule has 2 N–H and O–H groups in total. The molecule has 0 unspecified atom stereocenters. The van der Waals surface area contributed by atoms with E-state index in [4.69, 9.17) is 15.2 Å².